The third-order valence-electron chi connectivity index (χ3n) is 1.81. The van der Waals surface area contributed by atoms with Crippen LogP contribution in [0.15, 0.2) is 12.1 Å². The molecule has 0 saturated heterocycles. The molecule has 13 heavy (non-hydrogen) atoms. The van der Waals surface area contributed by atoms with Gasteiger partial charge in [-0.05, 0) is 18.1 Å². The maximum absolute atomic E-state index is 10.4. The second-order valence-corrected chi connectivity index (χ2v) is 2.65. The van der Waals surface area contributed by atoms with E-state index in [1.807, 2.05) is 6.92 Å². The van der Waals surface area contributed by atoms with Crippen molar-refractivity contribution in [3.63, 3.8) is 0 Å². The summed E-state index contributed by atoms with van der Waals surface area (Å²) in [7, 11) is 0. The number of nitro groups is 1. The molecular formula is C8H10N2O3. The number of benzene rings is 1. The minimum atomic E-state index is -0.662. The van der Waals surface area contributed by atoms with Crippen LogP contribution in [0, 0.1) is 10.1 Å². The van der Waals surface area contributed by atoms with Crippen LogP contribution in [0.3, 0.4) is 0 Å². The maximum atomic E-state index is 10.4. The lowest BCUT2D eigenvalue weighted by Gasteiger charge is -2.03. The van der Waals surface area contributed by atoms with Gasteiger partial charge in [0.15, 0.2) is 5.75 Å². The van der Waals surface area contributed by atoms with Crippen LogP contribution in [0.2, 0.25) is 0 Å². The molecule has 0 spiro atoms. The molecular weight excluding hydrogens is 172 g/mol. The van der Waals surface area contributed by atoms with Gasteiger partial charge in [0.05, 0.1) is 4.92 Å². The maximum Gasteiger partial charge on any atom is 0.312 e. The Balaban J connectivity index is 3.28. The van der Waals surface area contributed by atoms with Gasteiger partial charge in [0.1, 0.15) is 0 Å². The van der Waals surface area contributed by atoms with Crippen molar-refractivity contribution in [3.05, 3.63) is 27.8 Å². The number of anilines is 1. The largest absolute Gasteiger partial charge is 0.502 e. The Morgan fingerprint density at radius 3 is 2.69 bits per heavy atom. The summed E-state index contributed by atoms with van der Waals surface area (Å²) >= 11 is 0. The predicted molar refractivity (Wildman–Crippen MR) is 48.6 cm³/mol. The Morgan fingerprint density at radius 2 is 2.23 bits per heavy atom. The van der Waals surface area contributed by atoms with E-state index in [1.165, 1.54) is 12.1 Å². The second kappa shape index (κ2) is 3.30. The van der Waals surface area contributed by atoms with Gasteiger partial charge in [-0.2, -0.15) is 0 Å². The molecule has 0 atom stereocenters. The zero-order chi connectivity index (χ0) is 10.0. The number of nitro benzene ring substituents is 1. The molecule has 0 bridgehead atoms. The van der Waals surface area contributed by atoms with Crippen molar-refractivity contribution in [1.82, 2.24) is 0 Å². The number of nitrogens with zero attached hydrogens (tertiary/aromatic N) is 1. The van der Waals surface area contributed by atoms with Crippen LogP contribution in [0.1, 0.15) is 12.5 Å². The number of hydrogen-bond donors (Lipinski definition) is 2. The number of aromatic hydroxyl groups is 1. The number of nitrogen functional groups attached to an aromatic ring is 1. The summed E-state index contributed by atoms with van der Waals surface area (Å²) in [5, 5.41) is 19.6. The Bertz CT molecular complexity index is 349. The molecule has 1 aromatic carbocycles. The van der Waals surface area contributed by atoms with Crippen LogP contribution >= 0.6 is 0 Å². The summed E-state index contributed by atoms with van der Waals surface area (Å²) < 4.78 is 0. The average Bonchev–Trinajstić information content (AvgIpc) is 2.07. The highest BCUT2D eigenvalue weighted by Gasteiger charge is 2.15. The van der Waals surface area contributed by atoms with Crippen LogP contribution in [-0.2, 0) is 6.42 Å². The number of nitrogens with two attached hydrogens (primary N) is 1. The predicted octanol–water partition coefficient (Wildman–Crippen LogP) is 1.44. The third kappa shape index (κ3) is 1.69. The fourth-order valence-corrected chi connectivity index (χ4v) is 1.09. The van der Waals surface area contributed by atoms with Gasteiger partial charge in [-0.3, -0.25) is 10.1 Å². The summed E-state index contributed by atoms with van der Waals surface area (Å²) in [5.41, 5.74) is 6.22. The van der Waals surface area contributed by atoms with E-state index in [1.54, 1.807) is 0 Å². The van der Waals surface area contributed by atoms with Gasteiger partial charge < -0.3 is 10.8 Å². The summed E-state index contributed by atoms with van der Waals surface area (Å²) in [6.07, 6.45) is 0.636. The van der Waals surface area contributed by atoms with E-state index in [-0.39, 0.29) is 11.4 Å². The summed E-state index contributed by atoms with van der Waals surface area (Å²) in [6.45, 7) is 1.86. The van der Waals surface area contributed by atoms with E-state index in [0.29, 0.717) is 17.7 Å². The van der Waals surface area contributed by atoms with E-state index in [0.717, 1.165) is 0 Å². The van der Waals surface area contributed by atoms with Crippen LogP contribution in [0.5, 0.6) is 5.75 Å². The topological polar surface area (TPSA) is 89.4 Å². The SMILES string of the molecule is CCc1cc(O)c([N+](=O)[O-])cc1N. The van der Waals surface area contributed by atoms with Gasteiger partial charge >= 0.3 is 5.69 Å². The number of hydrogen-bond acceptors (Lipinski definition) is 4. The van der Waals surface area contributed by atoms with Crippen molar-refractivity contribution in [1.29, 1.82) is 0 Å². The Kier molecular flexibility index (Phi) is 2.36. The molecule has 0 aliphatic rings. The molecule has 0 fully saturated rings. The number of rotatable bonds is 2. The molecule has 0 unspecified atom stereocenters. The minimum Gasteiger partial charge on any atom is -0.502 e. The fraction of sp³-hybridized carbons (Fsp3) is 0.250. The standard InChI is InChI=1S/C8H10N2O3/c1-2-5-3-8(11)7(10(12)13)4-6(5)9/h3-4,11H,2,9H2,1H3. The lowest BCUT2D eigenvalue weighted by Crippen LogP contribution is -1.96. The van der Waals surface area contributed by atoms with Gasteiger partial charge in [0.2, 0.25) is 0 Å². The molecule has 0 amide bonds. The molecule has 5 heteroatoms. The van der Waals surface area contributed by atoms with Crippen molar-refractivity contribution in [2.45, 2.75) is 13.3 Å². The van der Waals surface area contributed by atoms with Crippen molar-refractivity contribution in [2.75, 3.05) is 5.73 Å². The summed E-state index contributed by atoms with van der Waals surface area (Å²) in [4.78, 5) is 9.70. The molecule has 0 aromatic heterocycles. The van der Waals surface area contributed by atoms with Gasteiger partial charge in [-0.15, -0.1) is 0 Å². The third-order valence-corrected chi connectivity index (χ3v) is 1.81. The van der Waals surface area contributed by atoms with Crippen LogP contribution in [0.4, 0.5) is 11.4 Å². The molecule has 1 aromatic rings. The van der Waals surface area contributed by atoms with E-state index in [4.69, 9.17) is 5.73 Å². The first-order chi connectivity index (χ1) is 6.06. The van der Waals surface area contributed by atoms with Crippen LogP contribution in [-0.4, -0.2) is 10.0 Å². The number of aryl methyl sites for hydroxylation is 1. The summed E-state index contributed by atoms with van der Waals surface area (Å²) in [5.74, 6) is -0.337. The Morgan fingerprint density at radius 1 is 1.62 bits per heavy atom. The lowest BCUT2D eigenvalue weighted by molar-refractivity contribution is -0.385. The van der Waals surface area contributed by atoms with Gasteiger partial charge in [-0.25, -0.2) is 0 Å². The Hall–Kier alpha value is -1.78. The lowest BCUT2D eigenvalue weighted by atomic mass is 10.1. The molecule has 0 aliphatic carbocycles. The van der Waals surface area contributed by atoms with Crippen molar-refractivity contribution >= 4 is 11.4 Å². The fourth-order valence-electron chi connectivity index (χ4n) is 1.09. The first-order valence-corrected chi connectivity index (χ1v) is 3.82. The molecule has 5 nitrogen and oxygen atoms in total. The van der Waals surface area contributed by atoms with Crippen molar-refractivity contribution < 1.29 is 10.0 Å². The first kappa shape index (κ1) is 9.31. The second-order valence-electron chi connectivity index (χ2n) is 2.65. The minimum absolute atomic E-state index is 0.337. The Labute approximate surface area is 74.9 Å². The molecule has 70 valence electrons. The van der Waals surface area contributed by atoms with Crippen molar-refractivity contribution in [2.24, 2.45) is 0 Å². The first-order valence-electron chi connectivity index (χ1n) is 3.82. The quantitative estimate of drug-likeness (QED) is 0.313. The van der Waals surface area contributed by atoms with E-state index >= 15 is 0 Å². The van der Waals surface area contributed by atoms with Gasteiger partial charge in [0.25, 0.3) is 0 Å². The zero-order valence-corrected chi connectivity index (χ0v) is 7.15. The van der Waals surface area contributed by atoms with Crippen LogP contribution < -0.4 is 5.73 Å². The monoisotopic (exact) mass is 182 g/mol. The molecule has 1 rings (SSSR count). The molecule has 0 heterocycles. The number of phenols is 1. The highest BCUT2D eigenvalue weighted by molar-refractivity contribution is 5.60. The average molecular weight is 182 g/mol. The normalized spacial score (nSPS) is 9.92. The number of phenolic OH excluding ortho intramolecular Hbond substituents is 1. The molecule has 0 radical (unpaired) electrons. The van der Waals surface area contributed by atoms with Gasteiger partial charge in [0, 0.05) is 11.8 Å². The van der Waals surface area contributed by atoms with E-state index in [9.17, 15) is 15.2 Å². The van der Waals surface area contributed by atoms with E-state index in [2.05, 4.69) is 0 Å². The van der Waals surface area contributed by atoms with Crippen LogP contribution in [0.25, 0.3) is 0 Å². The molecule has 3 N–H and O–H groups in total. The molecule has 0 saturated carbocycles. The molecule has 0 aliphatic heterocycles. The smallest absolute Gasteiger partial charge is 0.312 e. The van der Waals surface area contributed by atoms with E-state index < -0.39 is 4.92 Å². The highest BCUT2D eigenvalue weighted by atomic mass is 16.6. The highest BCUT2D eigenvalue weighted by Crippen LogP contribution is 2.30. The zero-order valence-electron chi connectivity index (χ0n) is 7.15. The summed E-state index contributed by atoms with van der Waals surface area (Å²) in [6, 6.07) is 2.50. The van der Waals surface area contributed by atoms with Gasteiger partial charge in [-0.1, -0.05) is 6.92 Å². The van der Waals surface area contributed by atoms with Crippen molar-refractivity contribution in [3.8, 4) is 5.75 Å².